The van der Waals surface area contributed by atoms with Gasteiger partial charge in [-0.1, -0.05) is 69.3 Å². The molecule has 154 valence electrons. The Labute approximate surface area is 176 Å². The molecule has 0 aliphatic heterocycles. The summed E-state index contributed by atoms with van der Waals surface area (Å²) in [5.41, 5.74) is 1.20. The zero-order chi connectivity index (χ0) is 21.1. The molecule has 0 fully saturated rings. The fourth-order valence-corrected chi connectivity index (χ4v) is 8.09. The molecule has 0 heterocycles. The highest BCUT2D eigenvalue weighted by Crippen LogP contribution is 2.69. The second kappa shape index (κ2) is 8.34. The van der Waals surface area contributed by atoms with Gasteiger partial charge in [-0.25, -0.2) is 3.63 Å². The van der Waals surface area contributed by atoms with Crippen molar-refractivity contribution in [2.75, 3.05) is 5.75 Å². The fourth-order valence-electron chi connectivity index (χ4n) is 3.10. The second-order valence-electron chi connectivity index (χ2n) is 7.87. The molecular formula is C24H28O3S2. The summed E-state index contributed by atoms with van der Waals surface area (Å²) in [6, 6.07) is 27.5. The van der Waals surface area contributed by atoms with Gasteiger partial charge in [-0.05, 0) is 64.6 Å². The Balaban J connectivity index is 2.33. The molecule has 0 bridgehead atoms. The van der Waals surface area contributed by atoms with Gasteiger partial charge in [0.15, 0.2) is 0 Å². The van der Waals surface area contributed by atoms with Crippen LogP contribution in [0.4, 0.5) is 0 Å². The minimum absolute atomic E-state index is 0.00632. The van der Waals surface area contributed by atoms with Crippen molar-refractivity contribution in [3.8, 4) is 0 Å². The van der Waals surface area contributed by atoms with Crippen molar-refractivity contribution in [1.29, 1.82) is 0 Å². The van der Waals surface area contributed by atoms with Gasteiger partial charge in [0.25, 0.3) is 10.1 Å². The van der Waals surface area contributed by atoms with E-state index >= 15 is 0 Å². The third-order valence-electron chi connectivity index (χ3n) is 4.76. The maximum Gasteiger partial charge on any atom is 0.277 e. The summed E-state index contributed by atoms with van der Waals surface area (Å²) in [5.74, 6) is -0.0819. The van der Waals surface area contributed by atoms with Gasteiger partial charge < -0.3 is 0 Å². The first-order valence-electron chi connectivity index (χ1n) is 9.67. The summed E-state index contributed by atoms with van der Waals surface area (Å²) in [6.07, 6.45) is 0. The van der Waals surface area contributed by atoms with Crippen molar-refractivity contribution in [2.45, 2.75) is 47.8 Å². The summed E-state index contributed by atoms with van der Waals surface area (Å²) < 4.78 is 31.6. The summed E-state index contributed by atoms with van der Waals surface area (Å²) in [4.78, 5) is 2.57. The molecule has 0 aliphatic rings. The van der Waals surface area contributed by atoms with Crippen molar-refractivity contribution >= 4 is 20.4 Å². The van der Waals surface area contributed by atoms with Crippen LogP contribution < -0.4 is 0 Å². The molecule has 0 unspecified atom stereocenters. The van der Waals surface area contributed by atoms with Gasteiger partial charge in [-0.3, -0.25) is 0 Å². The van der Waals surface area contributed by atoms with Gasteiger partial charge in [0.05, 0.1) is 5.75 Å². The molecular weight excluding hydrogens is 400 g/mol. The van der Waals surface area contributed by atoms with Crippen molar-refractivity contribution in [3.05, 3.63) is 90.5 Å². The number of benzene rings is 3. The van der Waals surface area contributed by atoms with Crippen LogP contribution in [0, 0.1) is 0 Å². The Bertz CT molecular complexity index is 997. The van der Waals surface area contributed by atoms with Crippen molar-refractivity contribution in [1.82, 2.24) is 0 Å². The Morgan fingerprint density at radius 3 is 1.48 bits per heavy atom. The number of hydrogen-bond donors (Lipinski definition) is 0. The smallest absolute Gasteiger partial charge is 0.207 e. The fraction of sp³-hybridized carbons (Fsp3) is 0.250. The van der Waals surface area contributed by atoms with Gasteiger partial charge >= 0.3 is 0 Å². The van der Waals surface area contributed by atoms with E-state index in [0.29, 0.717) is 0 Å². The monoisotopic (exact) mass is 428 g/mol. The predicted octanol–water partition coefficient (Wildman–Crippen LogP) is 6.55. The van der Waals surface area contributed by atoms with E-state index in [1.807, 2.05) is 72.8 Å². The van der Waals surface area contributed by atoms with Crippen LogP contribution in [-0.2, 0) is 19.2 Å². The van der Waals surface area contributed by atoms with Crippen LogP contribution in [0.25, 0.3) is 0 Å². The standard InChI is InChI=1S/C24H28O3S2/c1-5-28(25,26)27-29(21-12-8-6-9-13-21,22-14-10-7-11-15-22)23-18-16-20(17-19-23)24(2,3)4/h6-19H,5H2,1-4H3. The highest BCUT2D eigenvalue weighted by atomic mass is 32.3. The van der Waals surface area contributed by atoms with Crippen LogP contribution in [0.1, 0.15) is 33.3 Å². The molecule has 0 atom stereocenters. The third-order valence-corrected chi connectivity index (χ3v) is 9.92. The summed E-state index contributed by atoms with van der Waals surface area (Å²) in [7, 11) is -6.18. The molecule has 0 saturated heterocycles. The van der Waals surface area contributed by atoms with Crippen LogP contribution in [-0.4, -0.2) is 14.2 Å². The van der Waals surface area contributed by atoms with E-state index in [9.17, 15) is 8.42 Å². The Hall–Kier alpha value is -2.08. The molecule has 3 nitrogen and oxygen atoms in total. The first-order chi connectivity index (χ1) is 13.7. The largest absolute Gasteiger partial charge is 0.277 e. The zero-order valence-electron chi connectivity index (χ0n) is 17.3. The lowest BCUT2D eigenvalue weighted by molar-refractivity contribution is 0.509. The molecule has 3 aromatic rings. The van der Waals surface area contributed by atoms with Crippen LogP contribution in [0.2, 0.25) is 0 Å². The molecule has 3 rings (SSSR count). The van der Waals surface area contributed by atoms with Crippen molar-refractivity contribution in [3.63, 3.8) is 0 Å². The Morgan fingerprint density at radius 1 is 0.690 bits per heavy atom. The van der Waals surface area contributed by atoms with E-state index < -0.39 is 20.4 Å². The SMILES string of the molecule is CCS(=O)(=O)OS(c1ccccc1)(c1ccccc1)c1ccc(C(C)(C)C)cc1. The van der Waals surface area contributed by atoms with E-state index in [2.05, 4.69) is 32.9 Å². The average molecular weight is 429 g/mol. The highest BCUT2D eigenvalue weighted by molar-refractivity contribution is 8.33. The van der Waals surface area contributed by atoms with Gasteiger partial charge in [0.1, 0.15) is 0 Å². The van der Waals surface area contributed by atoms with Gasteiger partial charge in [-0.2, -0.15) is 8.42 Å². The molecule has 5 heteroatoms. The molecule has 0 spiro atoms. The normalized spacial score (nSPS) is 13.2. The summed E-state index contributed by atoms with van der Waals surface area (Å²) in [6.45, 7) is 8.09. The first kappa shape index (κ1) is 21.6. The minimum atomic E-state index is -3.72. The minimum Gasteiger partial charge on any atom is -0.207 e. The lowest BCUT2D eigenvalue weighted by atomic mass is 9.87. The van der Waals surface area contributed by atoms with Crippen molar-refractivity contribution in [2.24, 2.45) is 0 Å². The lowest BCUT2D eigenvalue weighted by Crippen LogP contribution is -2.16. The molecule has 0 radical (unpaired) electrons. The second-order valence-corrected chi connectivity index (χ2v) is 12.6. The summed E-state index contributed by atoms with van der Waals surface area (Å²) >= 11 is 0. The topological polar surface area (TPSA) is 43.4 Å². The van der Waals surface area contributed by atoms with Crippen LogP contribution in [0.15, 0.2) is 99.6 Å². The molecule has 0 N–H and O–H groups in total. The van der Waals surface area contributed by atoms with Crippen LogP contribution in [0.5, 0.6) is 0 Å². The van der Waals surface area contributed by atoms with Gasteiger partial charge in [0, 0.05) is 14.7 Å². The average Bonchev–Trinajstić information content (AvgIpc) is 2.73. The summed E-state index contributed by atoms with van der Waals surface area (Å²) in [5, 5.41) is 0. The quantitative estimate of drug-likeness (QED) is 0.447. The number of rotatable bonds is 6. The first-order valence-corrected chi connectivity index (χ1v) is 12.8. The van der Waals surface area contributed by atoms with Crippen molar-refractivity contribution < 1.29 is 12.0 Å². The van der Waals surface area contributed by atoms with E-state index in [-0.39, 0.29) is 11.2 Å². The molecule has 0 aromatic heterocycles. The molecule has 0 saturated carbocycles. The molecule has 0 amide bonds. The maximum atomic E-state index is 12.8. The number of hydrogen-bond acceptors (Lipinski definition) is 3. The van der Waals surface area contributed by atoms with E-state index in [1.165, 1.54) is 5.56 Å². The van der Waals surface area contributed by atoms with Crippen LogP contribution >= 0.6 is 10.3 Å². The Morgan fingerprint density at radius 2 is 1.10 bits per heavy atom. The van der Waals surface area contributed by atoms with E-state index in [4.69, 9.17) is 3.63 Å². The van der Waals surface area contributed by atoms with E-state index in [1.54, 1.807) is 6.92 Å². The van der Waals surface area contributed by atoms with E-state index in [0.717, 1.165) is 14.7 Å². The van der Waals surface area contributed by atoms with Crippen LogP contribution in [0.3, 0.4) is 0 Å². The molecule has 3 aromatic carbocycles. The van der Waals surface area contributed by atoms with Gasteiger partial charge in [0.2, 0.25) is 0 Å². The highest BCUT2D eigenvalue weighted by Gasteiger charge is 2.37. The Kier molecular flexibility index (Phi) is 6.22. The molecule has 0 aliphatic carbocycles. The maximum absolute atomic E-state index is 12.8. The van der Waals surface area contributed by atoms with Gasteiger partial charge in [-0.15, -0.1) is 0 Å². The lowest BCUT2D eigenvalue weighted by Gasteiger charge is -2.39. The molecule has 29 heavy (non-hydrogen) atoms. The zero-order valence-corrected chi connectivity index (χ0v) is 19.0. The third kappa shape index (κ3) is 4.58. The predicted molar refractivity (Wildman–Crippen MR) is 121 cm³/mol.